The Morgan fingerprint density at radius 3 is 1.31 bits per heavy atom. The van der Waals surface area contributed by atoms with Crippen LogP contribution in [0.1, 0.15) is 11.1 Å². The van der Waals surface area contributed by atoms with Gasteiger partial charge in [-0.25, -0.2) is 0 Å². The lowest BCUT2D eigenvalue weighted by Gasteiger charge is -2.06. The Morgan fingerprint density at radius 2 is 0.969 bits per heavy atom. The van der Waals surface area contributed by atoms with Gasteiger partial charge in [0.1, 0.15) is 0 Å². The van der Waals surface area contributed by atoms with Crippen LogP contribution in [0.4, 0.5) is 11.4 Å². The summed E-state index contributed by atoms with van der Waals surface area (Å²) in [4.78, 5) is 24.3. The smallest absolute Gasteiger partial charge is 0.248 e. The highest BCUT2D eigenvalue weighted by atomic mass is 35.5. The lowest BCUT2D eigenvalue weighted by molar-refractivity contribution is -0.112. The van der Waals surface area contributed by atoms with E-state index in [1.807, 2.05) is 0 Å². The molecule has 0 unspecified atom stereocenters. The van der Waals surface area contributed by atoms with Crippen LogP contribution in [0.3, 0.4) is 0 Å². The highest BCUT2D eigenvalue weighted by Gasteiger charge is 2.03. The van der Waals surface area contributed by atoms with Crippen LogP contribution in [0.25, 0.3) is 12.2 Å². The first kappa shape index (κ1) is 23.9. The van der Waals surface area contributed by atoms with E-state index in [4.69, 9.17) is 46.4 Å². The number of hydrogen-bond donors (Lipinski definition) is 2. The Labute approximate surface area is 205 Å². The highest BCUT2D eigenvalue weighted by molar-refractivity contribution is 6.36. The Balaban J connectivity index is 1.55. The quantitative estimate of drug-likeness (QED) is 0.339. The molecule has 3 aromatic carbocycles. The summed E-state index contributed by atoms with van der Waals surface area (Å²) < 4.78 is 0. The van der Waals surface area contributed by atoms with E-state index in [2.05, 4.69) is 10.6 Å². The van der Waals surface area contributed by atoms with Crippen LogP contribution in [0.2, 0.25) is 20.1 Å². The van der Waals surface area contributed by atoms with E-state index >= 15 is 0 Å². The second kappa shape index (κ2) is 11.2. The number of anilines is 2. The standard InChI is InChI=1S/C24H16Cl4N2O2/c25-17-5-1-15(21(27)13-17)3-11-23(31)29-19-7-9-20(10-8-19)30-24(32)12-4-16-2-6-18(26)14-22(16)28/h1-14H,(H,29,31)(H,30,32)/b11-3-,12-4-. The fraction of sp³-hybridized carbons (Fsp3) is 0. The van der Waals surface area contributed by atoms with Gasteiger partial charge in [0.15, 0.2) is 0 Å². The third-order valence-corrected chi connectivity index (χ3v) is 5.30. The summed E-state index contributed by atoms with van der Waals surface area (Å²) in [5.74, 6) is -0.647. The van der Waals surface area contributed by atoms with Gasteiger partial charge in [0.25, 0.3) is 0 Å². The number of carbonyl (C=O) groups is 2. The number of rotatable bonds is 6. The third kappa shape index (κ3) is 7.14. The summed E-state index contributed by atoms with van der Waals surface area (Å²) in [5.41, 5.74) is 2.50. The molecular weight excluding hydrogens is 490 g/mol. The van der Waals surface area contributed by atoms with E-state index in [0.717, 1.165) is 0 Å². The number of hydrogen-bond acceptors (Lipinski definition) is 2. The molecule has 2 amide bonds. The van der Waals surface area contributed by atoms with Crippen molar-refractivity contribution in [2.24, 2.45) is 0 Å². The SMILES string of the molecule is O=C(/C=C\c1ccc(Cl)cc1Cl)Nc1ccc(NC(=O)/C=C\c2ccc(Cl)cc2Cl)cc1. The minimum absolute atomic E-state index is 0.324. The first-order valence-corrected chi connectivity index (χ1v) is 10.8. The van der Waals surface area contributed by atoms with E-state index in [-0.39, 0.29) is 11.8 Å². The van der Waals surface area contributed by atoms with Crippen molar-refractivity contribution in [3.63, 3.8) is 0 Å². The van der Waals surface area contributed by atoms with Crippen LogP contribution < -0.4 is 10.6 Å². The summed E-state index contributed by atoms with van der Waals surface area (Å²) in [7, 11) is 0. The van der Waals surface area contributed by atoms with Crippen molar-refractivity contribution in [1.29, 1.82) is 0 Å². The van der Waals surface area contributed by atoms with Crippen LogP contribution in [0.15, 0.2) is 72.8 Å². The summed E-state index contributed by atoms with van der Waals surface area (Å²) in [6.45, 7) is 0. The number of nitrogens with one attached hydrogen (secondary N) is 2. The van der Waals surface area contributed by atoms with Crippen LogP contribution in [-0.4, -0.2) is 11.8 Å². The molecule has 0 heterocycles. The van der Waals surface area contributed by atoms with Crippen LogP contribution in [0.5, 0.6) is 0 Å². The minimum atomic E-state index is -0.324. The molecule has 0 aromatic heterocycles. The molecule has 0 fully saturated rings. The number of halogens is 4. The van der Waals surface area contributed by atoms with Crippen molar-refractivity contribution in [3.05, 3.63) is 104 Å². The molecule has 0 atom stereocenters. The largest absolute Gasteiger partial charge is 0.323 e. The topological polar surface area (TPSA) is 58.2 Å². The first-order valence-electron chi connectivity index (χ1n) is 9.28. The third-order valence-electron chi connectivity index (χ3n) is 4.17. The van der Waals surface area contributed by atoms with Gasteiger partial charge in [-0.3, -0.25) is 9.59 Å². The molecule has 4 nitrogen and oxygen atoms in total. The molecule has 8 heteroatoms. The van der Waals surface area contributed by atoms with E-state index in [1.165, 1.54) is 12.2 Å². The molecule has 2 N–H and O–H groups in total. The lowest BCUT2D eigenvalue weighted by Crippen LogP contribution is -2.09. The van der Waals surface area contributed by atoms with Gasteiger partial charge in [-0.05, 0) is 71.8 Å². The fourth-order valence-corrected chi connectivity index (χ4v) is 3.55. The molecule has 32 heavy (non-hydrogen) atoms. The van der Waals surface area contributed by atoms with Crippen LogP contribution in [-0.2, 0) is 9.59 Å². The summed E-state index contributed by atoms with van der Waals surface area (Å²) in [6, 6.07) is 16.7. The van der Waals surface area contributed by atoms with Gasteiger partial charge >= 0.3 is 0 Å². The predicted octanol–water partition coefficient (Wildman–Crippen LogP) is 7.60. The van der Waals surface area contributed by atoms with Crippen molar-refractivity contribution >= 4 is 81.7 Å². The molecule has 0 radical (unpaired) electrons. The zero-order chi connectivity index (χ0) is 23.1. The summed E-state index contributed by atoms with van der Waals surface area (Å²) >= 11 is 23.9. The molecule has 0 spiro atoms. The Morgan fingerprint density at radius 1 is 0.594 bits per heavy atom. The average Bonchev–Trinajstić information content (AvgIpc) is 2.74. The van der Waals surface area contributed by atoms with E-state index in [0.29, 0.717) is 42.6 Å². The average molecular weight is 506 g/mol. The molecule has 3 aromatic rings. The minimum Gasteiger partial charge on any atom is -0.323 e. The van der Waals surface area contributed by atoms with Gasteiger partial charge in [0.2, 0.25) is 11.8 Å². The monoisotopic (exact) mass is 504 g/mol. The lowest BCUT2D eigenvalue weighted by atomic mass is 10.2. The second-order valence-electron chi connectivity index (χ2n) is 6.55. The van der Waals surface area contributed by atoms with E-state index < -0.39 is 0 Å². The molecule has 162 valence electrons. The van der Waals surface area contributed by atoms with Gasteiger partial charge in [-0.2, -0.15) is 0 Å². The second-order valence-corrected chi connectivity index (χ2v) is 8.24. The first-order chi connectivity index (χ1) is 15.3. The van der Waals surface area contributed by atoms with E-state index in [9.17, 15) is 9.59 Å². The Hall–Kier alpha value is -2.76. The summed E-state index contributed by atoms with van der Waals surface area (Å²) in [5, 5.41) is 7.42. The van der Waals surface area contributed by atoms with Crippen LogP contribution >= 0.6 is 46.4 Å². The van der Waals surface area contributed by atoms with Gasteiger partial charge in [0.05, 0.1) is 0 Å². The Bertz CT molecular complexity index is 1110. The molecule has 0 aliphatic carbocycles. The molecule has 3 rings (SSSR count). The predicted molar refractivity (Wildman–Crippen MR) is 135 cm³/mol. The van der Waals surface area contributed by atoms with Crippen molar-refractivity contribution in [3.8, 4) is 0 Å². The maximum Gasteiger partial charge on any atom is 0.248 e. The van der Waals surface area contributed by atoms with Gasteiger partial charge in [0, 0.05) is 43.6 Å². The number of amides is 2. The normalized spacial score (nSPS) is 11.1. The number of carbonyl (C=O) groups excluding carboxylic acids is 2. The Kier molecular flexibility index (Phi) is 8.37. The molecule has 0 aliphatic rings. The van der Waals surface area contributed by atoms with E-state index in [1.54, 1.807) is 72.8 Å². The molecule has 0 bridgehead atoms. The molecule has 0 saturated heterocycles. The van der Waals surface area contributed by atoms with Crippen molar-refractivity contribution in [1.82, 2.24) is 0 Å². The molecular formula is C24H16Cl4N2O2. The maximum absolute atomic E-state index is 12.1. The van der Waals surface area contributed by atoms with Gasteiger partial charge in [-0.15, -0.1) is 0 Å². The van der Waals surface area contributed by atoms with Crippen LogP contribution in [0, 0.1) is 0 Å². The van der Waals surface area contributed by atoms with Crippen molar-refractivity contribution < 1.29 is 9.59 Å². The molecule has 0 aliphatic heterocycles. The number of benzene rings is 3. The van der Waals surface area contributed by atoms with Crippen molar-refractivity contribution in [2.45, 2.75) is 0 Å². The fourth-order valence-electron chi connectivity index (χ4n) is 2.61. The maximum atomic E-state index is 12.1. The van der Waals surface area contributed by atoms with Gasteiger partial charge in [-0.1, -0.05) is 58.5 Å². The zero-order valence-corrected chi connectivity index (χ0v) is 19.4. The highest BCUT2D eigenvalue weighted by Crippen LogP contribution is 2.23. The molecule has 0 saturated carbocycles. The zero-order valence-electron chi connectivity index (χ0n) is 16.4. The van der Waals surface area contributed by atoms with Gasteiger partial charge < -0.3 is 10.6 Å². The van der Waals surface area contributed by atoms with Crippen molar-refractivity contribution in [2.75, 3.05) is 10.6 Å². The summed E-state index contributed by atoms with van der Waals surface area (Å²) in [6.07, 6.45) is 5.94.